The number of carbonyl (C=O) groups excluding carboxylic acids is 2. The van der Waals surface area contributed by atoms with Crippen LogP contribution in [0.1, 0.15) is 17.5 Å². The van der Waals surface area contributed by atoms with Crippen molar-refractivity contribution >= 4 is 35.3 Å². The van der Waals surface area contributed by atoms with Gasteiger partial charge in [-0.05, 0) is 42.0 Å². The van der Waals surface area contributed by atoms with Crippen LogP contribution in [0.5, 0.6) is 11.5 Å². The highest BCUT2D eigenvalue weighted by atomic mass is 35.5. The highest BCUT2D eigenvalue weighted by Crippen LogP contribution is 2.52. The Morgan fingerprint density at radius 2 is 1.79 bits per heavy atom. The van der Waals surface area contributed by atoms with Crippen LogP contribution in [-0.4, -0.2) is 35.1 Å². The first kappa shape index (κ1) is 22.1. The minimum Gasteiger partial charge on any atom is -0.493 e. The highest BCUT2D eigenvalue weighted by Gasteiger charge is 2.59. The SMILES string of the molecule is COc1cc(C=NN2C(=O)[C@@H]3[C@H](C2=O)[C@H]2C=C[C@H]3C2)cc([N+](=O)[O-])c1OCc1ccc(Cl)cc1. The largest absolute Gasteiger partial charge is 0.493 e. The summed E-state index contributed by atoms with van der Waals surface area (Å²) in [4.78, 5) is 36.8. The van der Waals surface area contributed by atoms with E-state index in [0.717, 1.165) is 17.0 Å². The lowest BCUT2D eigenvalue weighted by molar-refractivity contribution is -0.386. The van der Waals surface area contributed by atoms with Crippen molar-refractivity contribution in [3.8, 4) is 11.5 Å². The number of allylic oxidation sites excluding steroid dienone is 2. The van der Waals surface area contributed by atoms with Crippen LogP contribution < -0.4 is 9.47 Å². The summed E-state index contributed by atoms with van der Waals surface area (Å²) < 4.78 is 11.0. The van der Waals surface area contributed by atoms with Crippen molar-refractivity contribution in [2.24, 2.45) is 28.8 Å². The van der Waals surface area contributed by atoms with Crippen molar-refractivity contribution < 1.29 is 24.0 Å². The van der Waals surface area contributed by atoms with E-state index in [1.807, 2.05) is 12.2 Å². The normalized spacial score (nSPS) is 24.8. The maximum Gasteiger partial charge on any atom is 0.315 e. The van der Waals surface area contributed by atoms with Gasteiger partial charge in [-0.3, -0.25) is 19.7 Å². The third-order valence-corrected chi connectivity index (χ3v) is 6.79. The fourth-order valence-electron chi connectivity index (χ4n) is 4.98. The van der Waals surface area contributed by atoms with Crippen molar-refractivity contribution in [1.82, 2.24) is 5.01 Å². The number of carbonyl (C=O) groups is 2. The molecule has 2 aromatic rings. The Morgan fingerprint density at radius 3 is 2.38 bits per heavy atom. The molecule has 34 heavy (non-hydrogen) atoms. The topological polar surface area (TPSA) is 111 Å². The number of hydrogen-bond acceptors (Lipinski definition) is 7. The van der Waals surface area contributed by atoms with Crippen LogP contribution in [0.4, 0.5) is 5.69 Å². The molecule has 4 atom stereocenters. The van der Waals surface area contributed by atoms with Crippen molar-refractivity contribution in [2.45, 2.75) is 13.0 Å². The lowest BCUT2D eigenvalue weighted by atomic mass is 9.85. The summed E-state index contributed by atoms with van der Waals surface area (Å²) in [7, 11) is 1.37. The van der Waals surface area contributed by atoms with Gasteiger partial charge < -0.3 is 9.47 Å². The fraction of sp³-hybridized carbons (Fsp3) is 0.292. The van der Waals surface area contributed by atoms with Gasteiger partial charge in [0, 0.05) is 16.7 Å². The van der Waals surface area contributed by atoms with Crippen LogP contribution in [0, 0.1) is 33.8 Å². The molecular formula is C24H20ClN3O6. The van der Waals surface area contributed by atoms with Gasteiger partial charge in [0.05, 0.1) is 30.1 Å². The number of hydrazone groups is 1. The molecule has 0 radical (unpaired) electrons. The van der Waals surface area contributed by atoms with Gasteiger partial charge in [0.15, 0.2) is 5.75 Å². The number of ether oxygens (including phenoxy) is 2. The van der Waals surface area contributed by atoms with E-state index >= 15 is 0 Å². The van der Waals surface area contributed by atoms with Crippen molar-refractivity contribution in [1.29, 1.82) is 0 Å². The lowest BCUT2D eigenvalue weighted by Crippen LogP contribution is -2.28. The molecule has 9 nitrogen and oxygen atoms in total. The van der Waals surface area contributed by atoms with Gasteiger partial charge in [0.2, 0.25) is 5.75 Å². The van der Waals surface area contributed by atoms with Gasteiger partial charge >= 0.3 is 5.69 Å². The molecule has 3 aliphatic rings. The lowest BCUT2D eigenvalue weighted by Gasteiger charge is -2.13. The molecule has 1 saturated heterocycles. The summed E-state index contributed by atoms with van der Waals surface area (Å²) in [5.41, 5.74) is 0.737. The van der Waals surface area contributed by atoms with Gasteiger partial charge in [0.25, 0.3) is 11.8 Å². The molecule has 0 spiro atoms. The van der Waals surface area contributed by atoms with Crippen LogP contribution in [0.15, 0.2) is 53.7 Å². The number of nitro benzene ring substituents is 1. The molecule has 1 heterocycles. The Balaban J connectivity index is 1.39. The van der Waals surface area contributed by atoms with E-state index in [2.05, 4.69) is 5.10 Å². The van der Waals surface area contributed by atoms with Crippen molar-refractivity contribution in [3.05, 3.63) is 74.8 Å². The molecule has 174 valence electrons. The minimum atomic E-state index is -0.586. The number of halogens is 1. The number of nitrogens with zero attached hydrogens (tertiary/aromatic N) is 3. The van der Waals surface area contributed by atoms with Crippen LogP contribution in [0.25, 0.3) is 0 Å². The summed E-state index contributed by atoms with van der Waals surface area (Å²) in [6, 6.07) is 9.67. The first-order valence-electron chi connectivity index (χ1n) is 10.7. The van der Waals surface area contributed by atoms with E-state index in [1.165, 1.54) is 25.5 Å². The zero-order chi connectivity index (χ0) is 24.0. The van der Waals surface area contributed by atoms with E-state index in [1.54, 1.807) is 24.3 Å². The summed E-state index contributed by atoms with van der Waals surface area (Å²) in [5.74, 6) is -1.15. The molecule has 2 bridgehead atoms. The molecule has 0 N–H and O–H groups in total. The van der Waals surface area contributed by atoms with Crippen LogP contribution in [0.2, 0.25) is 5.02 Å². The summed E-state index contributed by atoms with van der Waals surface area (Å²) in [5, 5.41) is 17.3. The molecule has 0 unspecified atom stereocenters. The number of fused-ring (bicyclic) bond motifs is 5. The average Bonchev–Trinajstić information content (AvgIpc) is 3.51. The number of nitro groups is 1. The molecule has 0 aromatic heterocycles. The predicted octanol–water partition coefficient (Wildman–Crippen LogP) is 3.98. The van der Waals surface area contributed by atoms with E-state index < -0.39 is 4.92 Å². The Morgan fingerprint density at radius 1 is 1.15 bits per heavy atom. The Kier molecular flexibility index (Phi) is 5.57. The average molecular weight is 482 g/mol. The zero-order valence-electron chi connectivity index (χ0n) is 18.1. The molecule has 5 rings (SSSR count). The molecule has 2 aromatic carbocycles. The first-order valence-corrected chi connectivity index (χ1v) is 11.1. The van der Waals surface area contributed by atoms with Gasteiger partial charge in [-0.1, -0.05) is 35.9 Å². The monoisotopic (exact) mass is 481 g/mol. The third kappa shape index (κ3) is 3.71. The van der Waals surface area contributed by atoms with Gasteiger partial charge in [-0.2, -0.15) is 10.1 Å². The Labute approximate surface area is 199 Å². The zero-order valence-corrected chi connectivity index (χ0v) is 18.8. The van der Waals surface area contributed by atoms with E-state index in [4.69, 9.17) is 21.1 Å². The summed E-state index contributed by atoms with van der Waals surface area (Å²) >= 11 is 5.89. The van der Waals surface area contributed by atoms with Gasteiger partial charge in [0.1, 0.15) is 6.61 Å². The quantitative estimate of drug-likeness (QED) is 0.194. The second kappa shape index (κ2) is 8.57. The first-order chi connectivity index (χ1) is 16.4. The second-order valence-corrected chi connectivity index (χ2v) is 8.91. The number of hydrogen-bond donors (Lipinski definition) is 0. The molecule has 1 aliphatic heterocycles. The van der Waals surface area contributed by atoms with Gasteiger partial charge in [-0.15, -0.1) is 0 Å². The number of benzene rings is 2. The Bertz CT molecular complexity index is 1210. The summed E-state index contributed by atoms with van der Waals surface area (Å²) in [6.45, 7) is 0.0672. The molecule has 2 amide bonds. The Hall–Kier alpha value is -3.72. The summed E-state index contributed by atoms with van der Waals surface area (Å²) in [6.07, 6.45) is 6.08. The maximum atomic E-state index is 12.8. The van der Waals surface area contributed by atoms with E-state index in [9.17, 15) is 19.7 Å². The number of rotatable bonds is 7. The van der Waals surface area contributed by atoms with Crippen molar-refractivity contribution in [2.75, 3.05) is 7.11 Å². The maximum absolute atomic E-state index is 12.8. The number of amides is 2. The fourth-order valence-corrected chi connectivity index (χ4v) is 5.10. The number of imide groups is 1. The highest BCUT2D eigenvalue weighted by molar-refractivity contribution is 6.30. The van der Waals surface area contributed by atoms with E-state index in [-0.39, 0.29) is 59.3 Å². The van der Waals surface area contributed by atoms with Crippen molar-refractivity contribution in [3.63, 3.8) is 0 Å². The number of methoxy groups -OCH3 is 1. The van der Waals surface area contributed by atoms with Crippen LogP contribution in [-0.2, 0) is 16.2 Å². The van der Waals surface area contributed by atoms with Crippen LogP contribution >= 0.6 is 11.6 Å². The molecule has 2 aliphatic carbocycles. The standard InChI is InChI=1S/C24H20ClN3O6/c1-33-19-9-14(8-18(28(31)32)22(19)34-12-13-2-6-17(25)7-3-13)11-26-27-23(29)20-15-4-5-16(10-15)21(20)24(27)30/h2-9,11,15-16,20-21H,10,12H2,1H3/t15-,16-,20-,21+/m0/s1. The van der Waals surface area contributed by atoms with Crippen LogP contribution in [0.3, 0.4) is 0 Å². The molecule has 1 saturated carbocycles. The minimum absolute atomic E-state index is 0.0369. The van der Waals surface area contributed by atoms with Gasteiger partial charge in [-0.25, -0.2) is 0 Å². The second-order valence-electron chi connectivity index (χ2n) is 8.48. The molecular weight excluding hydrogens is 462 g/mol. The third-order valence-electron chi connectivity index (χ3n) is 6.54. The molecule has 10 heteroatoms. The predicted molar refractivity (Wildman–Crippen MR) is 123 cm³/mol. The van der Waals surface area contributed by atoms with E-state index in [0.29, 0.717) is 10.6 Å². The smallest absolute Gasteiger partial charge is 0.315 e. The molecule has 2 fully saturated rings.